The van der Waals surface area contributed by atoms with Gasteiger partial charge in [-0.05, 0) is 16.4 Å². The topological polar surface area (TPSA) is 137 Å². The van der Waals surface area contributed by atoms with E-state index in [1.54, 1.807) is 0 Å². The van der Waals surface area contributed by atoms with Crippen molar-refractivity contribution in [2.75, 3.05) is 16.3 Å². The van der Waals surface area contributed by atoms with Crippen LogP contribution in [-0.4, -0.2) is 38.0 Å². The molecule has 0 saturated heterocycles. The number of Topliss-reactive ketones (excluding diaryl/α,β-unsaturated/α-hetero) is 1. The molecule has 2 rings (SSSR count). The zero-order valence-electron chi connectivity index (χ0n) is 10.1. The van der Waals surface area contributed by atoms with Gasteiger partial charge in [-0.25, -0.2) is 4.63 Å². The van der Waals surface area contributed by atoms with Crippen LogP contribution < -0.4 is 11.1 Å². The number of nitrogens with two attached hydrogens (primary N) is 1. The summed E-state index contributed by atoms with van der Waals surface area (Å²) in [6, 6.07) is 2.11. The molecular weight excluding hydrogens is 381 g/mol. The standard InChI is InChI=1S/C10H10IN5O4/c11-3-8(17)5(12)4-13-6-1-2-7(16(18)19)10-9(6)14-20-15-10/h1-2,5,13H,3-4,12H2. The number of nitro benzene ring substituents is 1. The molecule has 1 heterocycles. The first-order chi connectivity index (χ1) is 9.54. The molecule has 0 amide bonds. The minimum Gasteiger partial charge on any atom is -0.381 e. The molecule has 106 valence electrons. The number of benzene rings is 1. The van der Waals surface area contributed by atoms with E-state index in [0.29, 0.717) is 10.1 Å². The molecule has 1 unspecified atom stereocenters. The summed E-state index contributed by atoms with van der Waals surface area (Å²) in [7, 11) is 0. The third-order valence-electron chi connectivity index (χ3n) is 2.65. The minimum absolute atomic E-state index is 0.0498. The summed E-state index contributed by atoms with van der Waals surface area (Å²) >= 11 is 1.94. The van der Waals surface area contributed by atoms with Gasteiger partial charge in [0.05, 0.1) is 21.1 Å². The van der Waals surface area contributed by atoms with Gasteiger partial charge >= 0.3 is 5.69 Å². The number of fused-ring (bicyclic) bond motifs is 1. The Morgan fingerprint density at radius 2 is 2.20 bits per heavy atom. The summed E-state index contributed by atoms with van der Waals surface area (Å²) in [5, 5.41) is 20.9. The van der Waals surface area contributed by atoms with Crippen LogP contribution in [0.1, 0.15) is 0 Å². The van der Waals surface area contributed by atoms with Gasteiger partial charge in [0.1, 0.15) is 0 Å². The van der Waals surface area contributed by atoms with Crippen molar-refractivity contribution in [1.82, 2.24) is 10.3 Å². The number of hydrogen-bond donors (Lipinski definition) is 2. The first kappa shape index (κ1) is 14.6. The highest BCUT2D eigenvalue weighted by molar-refractivity contribution is 14.1. The smallest absolute Gasteiger partial charge is 0.300 e. The summed E-state index contributed by atoms with van der Waals surface area (Å²) < 4.78 is 4.85. The Morgan fingerprint density at radius 3 is 2.85 bits per heavy atom. The van der Waals surface area contributed by atoms with Gasteiger partial charge in [0.15, 0.2) is 11.3 Å². The molecule has 1 atom stereocenters. The van der Waals surface area contributed by atoms with Gasteiger partial charge in [0, 0.05) is 12.6 Å². The number of halogens is 1. The van der Waals surface area contributed by atoms with Crippen molar-refractivity contribution in [3.8, 4) is 0 Å². The lowest BCUT2D eigenvalue weighted by Gasteiger charge is -2.11. The van der Waals surface area contributed by atoms with E-state index < -0.39 is 11.0 Å². The number of hydrogen-bond acceptors (Lipinski definition) is 8. The Balaban J connectivity index is 2.24. The minimum atomic E-state index is -0.656. The number of carbonyl (C=O) groups is 1. The number of nitrogens with one attached hydrogen (secondary N) is 1. The van der Waals surface area contributed by atoms with Crippen LogP contribution in [0.3, 0.4) is 0 Å². The van der Waals surface area contributed by atoms with E-state index in [-0.39, 0.29) is 29.0 Å². The monoisotopic (exact) mass is 391 g/mol. The molecule has 0 saturated carbocycles. The lowest BCUT2D eigenvalue weighted by atomic mass is 10.2. The average Bonchev–Trinajstić information content (AvgIpc) is 2.92. The number of aromatic nitrogens is 2. The molecule has 3 N–H and O–H groups in total. The fourth-order valence-electron chi connectivity index (χ4n) is 1.58. The molecule has 10 heteroatoms. The highest BCUT2D eigenvalue weighted by Crippen LogP contribution is 2.28. The fourth-order valence-corrected chi connectivity index (χ4v) is 2.14. The van der Waals surface area contributed by atoms with Gasteiger partial charge in [-0.15, -0.1) is 0 Å². The Kier molecular flexibility index (Phi) is 4.44. The van der Waals surface area contributed by atoms with Crippen LogP contribution in [0.2, 0.25) is 0 Å². The Morgan fingerprint density at radius 1 is 1.50 bits per heavy atom. The molecule has 0 spiro atoms. The van der Waals surface area contributed by atoms with Crippen LogP contribution in [0.15, 0.2) is 16.8 Å². The number of non-ortho nitro benzene ring substituents is 1. The first-order valence-corrected chi connectivity index (χ1v) is 7.05. The summed E-state index contributed by atoms with van der Waals surface area (Å²) in [6.07, 6.45) is 0. The van der Waals surface area contributed by atoms with Crippen LogP contribution >= 0.6 is 22.6 Å². The van der Waals surface area contributed by atoms with Crippen LogP contribution in [0.25, 0.3) is 11.0 Å². The fraction of sp³-hybridized carbons (Fsp3) is 0.300. The highest BCUT2D eigenvalue weighted by Gasteiger charge is 2.20. The summed E-state index contributed by atoms with van der Waals surface area (Å²) in [4.78, 5) is 21.6. The van der Waals surface area contributed by atoms with Crippen molar-refractivity contribution < 1.29 is 14.3 Å². The van der Waals surface area contributed by atoms with Crippen molar-refractivity contribution in [2.24, 2.45) is 5.73 Å². The van der Waals surface area contributed by atoms with Crippen molar-refractivity contribution in [3.05, 3.63) is 22.2 Å². The molecule has 0 bridgehead atoms. The predicted molar refractivity (Wildman–Crippen MR) is 78.8 cm³/mol. The Bertz CT molecular complexity index is 658. The number of ketones is 1. The van der Waals surface area contributed by atoms with Gasteiger partial charge in [-0.1, -0.05) is 22.6 Å². The quantitative estimate of drug-likeness (QED) is 0.320. The largest absolute Gasteiger partial charge is 0.381 e. The Labute approximate surface area is 126 Å². The summed E-state index contributed by atoms with van der Waals surface area (Å²) in [6.45, 7) is 0.196. The predicted octanol–water partition coefficient (Wildman–Crippen LogP) is 0.874. The van der Waals surface area contributed by atoms with E-state index in [2.05, 4.69) is 20.3 Å². The van der Waals surface area contributed by atoms with Gasteiger partial charge in [-0.2, -0.15) is 0 Å². The zero-order valence-corrected chi connectivity index (χ0v) is 12.2. The highest BCUT2D eigenvalue weighted by atomic mass is 127. The molecule has 9 nitrogen and oxygen atoms in total. The van der Waals surface area contributed by atoms with E-state index in [4.69, 9.17) is 5.73 Å². The molecule has 1 aromatic heterocycles. The van der Waals surface area contributed by atoms with Crippen molar-refractivity contribution in [2.45, 2.75) is 6.04 Å². The molecule has 1 aromatic carbocycles. The maximum Gasteiger partial charge on any atom is 0.300 e. The number of carbonyl (C=O) groups excluding carboxylic acids is 1. The number of nitrogens with zero attached hydrogens (tertiary/aromatic N) is 3. The SMILES string of the molecule is NC(CNc1ccc([N+](=O)[O-])c2nonc12)C(=O)CI. The van der Waals surface area contributed by atoms with Gasteiger partial charge in [-0.3, -0.25) is 14.9 Å². The van der Waals surface area contributed by atoms with E-state index in [1.165, 1.54) is 12.1 Å². The molecule has 0 fully saturated rings. The second-order valence-electron chi connectivity index (χ2n) is 3.94. The molecule has 2 aromatic rings. The van der Waals surface area contributed by atoms with Gasteiger partial charge in [0.2, 0.25) is 5.52 Å². The lowest BCUT2D eigenvalue weighted by Crippen LogP contribution is -2.37. The number of rotatable bonds is 6. The maximum atomic E-state index is 11.4. The maximum absolute atomic E-state index is 11.4. The average molecular weight is 391 g/mol. The van der Waals surface area contributed by atoms with E-state index >= 15 is 0 Å². The Hall–Kier alpha value is -1.82. The van der Waals surface area contributed by atoms with Crippen LogP contribution in [0.5, 0.6) is 0 Å². The van der Waals surface area contributed by atoms with E-state index in [1.807, 2.05) is 22.6 Å². The second kappa shape index (κ2) is 6.09. The van der Waals surface area contributed by atoms with Crippen molar-refractivity contribution >= 4 is 50.8 Å². The van der Waals surface area contributed by atoms with Crippen molar-refractivity contribution in [3.63, 3.8) is 0 Å². The van der Waals surface area contributed by atoms with Gasteiger partial charge in [0.25, 0.3) is 0 Å². The van der Waals surface area contributed by atoms with Gasteiger partial charge < -0.3 is 11.1 Å². The van der Waals surface area contributed by atoms with E-state index in [9.17, 15) is 14.9 Å². The zero-order chi connectivity index (χ0) is 14.7. The van der Waals surface area contributed by atoms with Crippen LogP contribution in [0.4, 0.5) is 11.4 Å². The third kappa shape index (κ3) is 2.85. The molecule has 0 aliphatic heterocycles. The first-order valence-electron chi connectivity index (χ1n) is 5.52. The molecule has 0 aliphatic carbocycles. The molecular formula is C10H10IN5O4. The lowest BCUT2D eigenvalue weighted by molar-refractivity contribution is -0.383. The summed E-state index contributed by atoms with van der Waals surface area (Å²) in [5.74, 6) is -0.0884. The summed E-state index contributed by atoms with van der Waals surface area (Å²) in [5.41, 5.74) is 6.25. The van der Waals surface area contributed by atoms with Crippen LogP contribution in [0, 0.1) is 10.1 Å². The molecule has 0 radical (unpaired) electrons. The van der Waals surface area contributed by atoms with Crippen LogP contribution in [-0.2, 0) is 4.79 Å². The van der Waals surface area contributed by atoms with Crippen molar-refractivity contribution in [1.29, 1.82) is 0 Å². The number of anilines is 1. The molecule has 20 heavy (non-hydrogen) atoms. The third-order valence-corrected chi connectivity index (χ3v) is 3.40. The van der Waals surface area contributed by atoms with E-state index in [0.717, 1.165) is 0 Å². The number of alkyl halides is 1. The molecule has 0 aliphatic rings. The number of nitro groups is 1. The second-order valence-corrected chi connectivity index (χ2v) is 4.70. The normalized spacial score (nSPS) is 12.3.